The fourth-order valence-corrected chi connectivity index (χ4v) is 5.63. The van der Waals surface area contributed by atoms with Crippen molar-refractivity contribution in [3.63, 3.8) is 0 Å². The average molecular weight is 553 g/mol. The van der Waals surface area contributed by atoms with Crippen molar-refractivity contribution in [1.29, 1.82) is 0 Å². The van der Waals surface area contributed by atoms with Crippen molar-refractivity contribution >= 4 is 33.7 Å². The van der Waals surface area contributed by atoms with Crippen LogP contribution < -0.4 is 5.32 Å². The van der Waals surface area contributed by atoms with E-state index in [1.807, 2.05) is 13.8 Å². The number of esters is 1. The minimum Gasteiger partial charge on any atom is -0.466 e. The van der Waals surface area contributed by atoms with Gasteiger partial charge in [0.1, 0.15) is 11.7 Å². The van der Waals surface area contributed by atoms with Crippen molar-refractivity contribution in [3.05, 3.63) is 52.0 Å². The van der Waals surface area contributed by atoms with Crippen molar-refractivity contribution in [2.24, 2.45) is 24.3 Å². The Hall–Kier alpha value is -2.82. The number of carbonyl (C=O) groups excluding carboxylic acids is 3. The van der Waals surface area contributed by atoms with E-state index in [4.69, 9.17) is 4.74 Å². The molecule has 4 atom stereocenters. The van der Waals surface area contributed by atoms with E-state index in [-0.39, 0.29) is 45.5 Å². The number of imidazole rings is 1. The summed E-state index contributed by atoms with van der Waals surface area (Å²) in [5, 5.41) is 2.71. The van der Waals surface area contributed by atoms with Gasteiger partial charge in [0.15, 0.2) is 11.6 Å². The number of nitrogens with one attached hydrogen (secondary N) is 1. The Kier molecular flexibility index (Phi) is 6.74. The number of aromatic nitrogens is 2. The molecule has 1 saturated heterocycles. The van der Waals surface area contributed by atoms with Crippen LogP contribution in [0.2, 0.25) is 0 Å². The van der Waals surface area contributed by atoms with Crippen LogP contribution in [0.25, 0.3) is 0 Å². The lowest BCUT2D eigenvalue weighted by molar-refractivity contribution is -0.144. The Balaban J connectivity index is 1.64. The van der Waals surface area contributed by atoms with Crippen LogP contribution in [0.1, 0.15) is 49.3 Å². The summed E-state index contributed by atoms with van der Waals surface area (Å²) >= 11 is 3.14. The number of fused-ring (bicyclic) bond motifs is 1. The van der Waals surface area contributed by atoms with Gasteiger partial charge in [-0.3, -0.25) is 14.4 Å². The highest BCUT2D eigenvalue weighted by Crippen LogP contribution is 2.65. The predicted octanol–water partition coefficient (Wildman–Crippen LogP) is 3.37. The third-order valence-electron chi connectivity index (χ3n) is 7.05. The van der Waals surface area contributed by atoms with Crippen molar-refractivity contribution in [1.82, 2.24) is 19.8 Å². The minimum absolute atomic E-state index is 0.0990. The maximum atomic E-state index is 14.8. The van der Waals surface area contributed by atoms with Crippen LogP contribution >= 0.6 is 15.9 Å². The Morgan fingerprint density at radius 1 is 1.31 bits per heavy atom. The maximum absolute atomic E-state index is 14.8. The van der Waals surface area contributed by atoms with Gasteiger partial charge in [0.2, 0.25) is 5.91 Å². The van der Waals surface area contributed by atoms with Crippen LogP contribution in [0, 0.1) is 28.9 Å². The highest BCUT2D eigenvalue weighted by molar-refractivity contribution is 9.10. The van der Waals surface area contributed by atoms with E-state index in [2.05, 4.69) is 26.2 Å². The van der Waals surface area contributed by atoms with Crippen LogP contribution in [-0.2, 0) is 21.4 Å². The number of likely N-dealkylation sites (tertiary alicyclic amines) is 1. The number of rotatable bonds is 7. The molecule has 2 amide bonds. The number of hydrogen-bond donors (Lipinski definition) is 1. The van der Waals surface area contributed by atoms with Gasteiger partial charge in [0.05, 0.1) is 25.4 Å². The number of ether oxygens (including phenoxy) is 1. The summed E-state index contributed by atoms with van der Waals surface area (Å²) in [5.74, 6) is -3.86. The van der Waals surface area contributed by atoms with Crippen molar-refractivity contribution < 1.29 is 27.9 Å². The second-order valence-corrected chi connectivity index (χ2v) is 10.6. The average Bonchev–Trinajstić information content (AvgIpc) is 3.15. The van der Waals surface area contributed by atoms with Crippen LogP contribution in [0.3, 0.4) is 0 Å². The summed E-state index contributed by atoms with van der Waals surface area (Å²) in [4.78, 5) is 44.7. The molecule has 0 unspecified atom stereocenters. The molecule has 188 valence electrons. The number of hydrogen-bond acceptors (Lipinski definition) is 5. The van der Waals surface area contributed by atoms with Gasteiger partial charge in [-0.2, -0.15) is 0 Å². The lowest BCUT2D eigenvalue weighted by Crippen LogP contribution is -2.51. The molecule has 0 radical (unpaired) electrons. The zero-order valence-electron chi connectivity index (χ0n) is 19.8. The van der Waals surface area contributed by atoms with Gasteiger partial charge in [-0.05, 0) is 36.3 Å². The first-order chi connectivity index (χ1) is 16.4. The Bertz CT molecular complexity index is 1180. The lowest BCUT2D eigenvalue weighted by atomic mass is 9.98. The number of piperidine rings is 1. The fourth-order valence-electron chi connectivity index (χ4n) is 5.18. The summed E-state index contributed by atoms with van der Waals surface area (Å²) in [7, 11) is 1.74. The molecule has 2 aromatic rings. The van der Waals surface area contributed by atoms with Crippen LogP contribution in [0.15, 0.2) is 29.1 Å². The first-order valence-corrected chi connectivity index (χ1v) is 12.1. The van der Waals surface area contributed by atoms with E-state index >= 15 is 0 Å². The quantitative estimate of drug-likeness (QED) is 0.420. The van der Waals surface area contributed by atoms with Crippen molar-refractivity contribution in [2.75, 3.05) is 13.2 Å². The second-order valence-electron chi connectivity index (χ2n) is 9.64. The molecule has 1 aromatic carbocycles. The van der Waals surface area contributed by atoms with Gasteiger partial charge < -0.3 is 19.5 Å². The Morgan fingerprint density at radius 2 is 2.03 bits per heavy atom. The van der Waals surface area contributed by atoms with E-state index in [0.717, 1.165) is 6.07 Å². The van der Waals surface area contributed by atoms with E-state index in [9.17, 15) is 23.2 Å². The standard InChI is InChI=1S/C24H27BrF2N4O4/c1-5-35-18(32)8-16(13-6-12(25)7-15(26)20(13)27)29-22(33)21-19-14(24(19,2)3)9-31(21)23(34)17-10-30(4)11-28-17/h6-7,10-11,14,16,19,21H,5,8-9H2,1-4H3,(H,29,33)/t14-,16-,19-,21-/m0/s1. The van der Waals surface area contributed by atoms with Crippen LogP contribution in [0.5, 0.6) is 0 Å². The van der Waals surface area contributed by atoms with Crippen LogP contribution in [0.4, 0.5) is 8.78 Å². The molecule has 0 bridgehead atoms. The van der Waals surface area contributed by atoms with E-state index < -0.39 is 42.0 Å². The highest BCUT2D eigenvalue weighted by Gasteiger charge is 2.69. The normalized spacial score (nSPS) is 22.9. The van der Waals surface area contributed by atoms with Crippen LogP contribution in [-0.4, -0.2) is 51.4 Å². The molecule has 11 heteroatoms. The minimum atomic E-state index is -1.19. The second kappa shape index (κ2) is 9.33. The largest absolute Gasteiger partial charge is 0.466 e. The fraction of sp³-hybridized carbons (Fsp3) is 0.500. The van der Waals surface area contributed by atoms with Gasteiger partial charge in [-0.15, -0.1) is 0 Å². The number of benzene rings is 1. The summed E-state index contributed by atoms with van der Waals surface area (Å²) in [5.41, 5.74) is -0.134. The summed E-state index contributed by atoms with van der Waals surface area (Å²) in [6.45, 7) is 6.17. The molecule has 0 spiro atoms. The molecule has 2 heterocycles. The van der Waals surface area contributed by atoms with Crippen molar-refractivity contribution in [3.8, 4) is 0 Å². The predicted molar refractivity (Wildman–Crippen MR) is 125 cm³/mol. The molecular formula is C24H27BrF2N4O4. The van der Waals surface area contributed by atoms with E-state index in [1.165, 1.54) is 17.3 Å². The molecule has 1 aliphatic heterocycles. The smallest absolute Gasteiger partial charge is 0.308 e. The first kappa shape index (κ1) is 25.3. The molecule has 4 rings (SSSR count). The number of amides is 2. The molecule has 8 nitrogen and oxygen atoms in total. The molecule has 35 heavy (non-hydrogen) atoms. The third-order valence-corrected chi connectivity index (χ3v) is 7.51. The highest BCUT2D eigenvalue weighted by atomic mass is 79.9. The monoisotopic (exact) mass is 552 g/mol. The first-order valence-electron chi connectivity index (χ1n) is 11.3. The summed E-state index contributed by atoms with van der Waals surface area (Å²) < 4.78 is 35.8. The molecule has 2 fully saturated rings. The number of aryl methyl sites for hydroxylation is 1. The molecular weight excluding hydrogens is 526 g/mol. The lowest BCUT2D eigenvalue weighted by Gasteiger charge is -2.31. The SMILES string of the molecule is CCOC(=O)C[C@H](NC(=O)[C@@H]1[C@@H]2[C@H](CN1C(=O)c1cn(C)cn1)C2(C)C)c1cc(Br)cc(F)c1F. The zero-order chi connectivity index (χ0) is 25.7. The Labute approximate surface area is 210 Å². The number of carbonyl (C=O) groups is 3. The number of halogens is 3. The Morgan fingerprint density at radius 3 is 2.66 bits per heavy atom. The van der Waals surface area contributed by atoms with Gasteiger partial charge >= 0.3 is 5.97 Å². The summed E-state index contributed by atoms with van der Waals surface area (Å²) in [6.07, 6.45) is 2.68. The summed E-state index contributed by atoms with van der Waals surface area (Å²) in [6, 6.07) is 0.247. The van der Waals surface area contributed by atoms with Gasteiger partial charge in [0.25, 0.3) is 5.91 Å². The van der Waals surface area contributed by atoms with Crippen molar-refractivity contribution in [2.45, 2.75) is 39.3 Å². The van der Waals surface area contributed by atoms with E-state index in [0.29, 0.717) is 6.54 Å². The maximum Gasteiger partial charge on any atom is 0.308 e. The number of nitrogens with zero attached hydrogens (tertiary/aromatic N) is 3. The molecule has 1 saturated carbocycles. The molecule has 1 aliphatic carbocycles. The topological polar surface area (TPSA) is 93.5 Å². The molecule has 1 N–H and O–H groups in total. The third kappa shape index (κ3) is 4.70. The molecule has 2 aliphatic rings. The zero-order valence-corrected chi connectivity index (χ0v) is 21.4. The van der Waals surface area contributed by atoms with E-state index in [1.54, 1.807) is 24.7 Å². The van der Waals surface area contributed by atoms with Gasteiger partial charge in [0, 0.05) is 29.8 Å². The van der Waals surface area contributed by atoms with Gasteiger partial charge in [-0.25, -0.2) is 13.8 Å². The molecule has 1 aromatic heterocycles. The van der Waals surface area contributed by atoms with Gasteiger partial charge in [-0.1, -0.05) is 29.8 Å².